The van der Waals surface area contributed by atoms with E-state index in [-0.39, 0.29) is 17.9 Å². The highest BCUT2D eigenvalue weighted by atomic mass is 16.6. The van der Waals surface area contributed by atoms with Gasteiger partial charge in [0.15, 0.2) is 6.10 Å². The maximum absolute atomic E-state index is 15.2. The summed E-state index contributed by atoms with van der Waals surface area (Å²) in [5, 5.41) is 14.4. The molecule has 0 radical (unpaired) electrons. The Hall–Kier alpha value is -4.65. The first-order chi connectivity index (χ1) is 27.4. The van der Waals surface area contributed by atoms with Crippen LogP contribution >= 0.6 is 0 Å². The summed E-state index contributed by atoms with van der Waals surface area (Å²) in [7, 11) is 6.22. The molecule has 6 heterocycles. The maximum atomic E-state index is 15.2. The lowest BCUT2D eigenvalue weighted by Crippen LogP contribution is -2.81. The monoisotopic (exact) mass is 778 g/mol. The number of aromatic amines is 1. The summed E-state index contributed by atoms with van der Waals surface area (Å²) in [6.07, 6.45) is 7.67. The molecule has 3 unspecified atom stereocenters. The summed E-state index contributed by atoms with van der Waals surface area (Å²) in [6, 6.07) is 11.2. The van der Waals surface area contributed by atoms with Gasteiger partial charge >= 0.3 is 17.9 Å². The lowest BCUT2D eigenvalue weighted by atomic mass is 9.47. The van der Waals surface area contributed by atoms with Gasteiger partial charge in [-0.25, -0.2) is 4.79 Å². The van der Waals surface area contributed by atoms with Crippen LogP contribution in [0.1, 0.15) is 68.8 Å². The number of esters is 3. The Morgan fingerprint density at radius 3 is 2.47 bits per heavy atom. The van der Waals surface area contributed by atoms with E-state index >= 15 is 4.79 Å². The van der Waals surface area contributed by atoms with Crippen LogP contribution in [0.3, 0.4) is 0 Å². The summed E-state index contributed by atoms with van der Waals surface area (Å²) >= 11 is 0. The highest BCUT2D eigenvalue weighted by Gasteiger charge is 2.80. The third kappa shape index (κ3) is 4.80. The van der Waals surface area contributed by atoms with Crippen LogP contribution < -0.4 is 9.64 Å². The lowest BCUT2D eigenvalue weighted by Gasteiger charge is -2.63. The van der Waals surface area contributed by atoms with Crippen LogP contribution in [-0.4, -0.2) is 116 Å². The van der Waals surface area contributed by atoms with Crippen LogP contribution in [0.4, 0.5) is 5.69 Å². The molecule has 6 aliphatic rings. The minimum atomic E-state index is -2.27. The predicted molar refractivity (Wildman–Crippen MR) is 214 cm³/mol. The minimum absolute atomic E-state index is 0.0284. The van der Waals surface area contributed by atoms with Crippen molar-refractivity contribution in [2.45, 2.75) is 87.6 Å². The van der Waals surface area contributed by atoms with E-state index in [0.717, 1.165) is 52.9 Å². The Labute approximate surface area is 333 Å². The fraction of sp³-hybridized carbons (Fsp3) is 0.533. The van der Waals surface area contributed by atoms with Gasteiger partial charge in [0.2, 0.25) is 5.60 Å². The molecule has 1 aromatic heterocycles. The molecule has 302 valence electrons. The maximum Gasteiger partial charge on any atom is 0.344 e. The molecule has 1 saturated heterocycles. The lowest BCUT2D eigenvalue weighted by molar-refractivity contribution is -0.228. The van der Waals surface area contributed by atoms with Crippen LogP contribution in [0.15, 0.2) is 60.2 Å². The molecule has 9 atom stereocenters. The second-order valence-corrected chi connectivity index (χ2v) is 17.2. The Balaban J connectivity index is 1.37. The van der Waals surface area contributed by atoms with Gasteiger partial charge in [0.05, 0.1) is 27.4 Å². The summed E-state index contributed by atoms with van der Waals surface area (Å²) in [5.41, 5.74) is 1.05. The van der Waals surface area contributed by atoms with Gasteiger partial charge in [0, 0.05) is 90.9 Å². The van der Waals surface area contributed by atoms with Gasteiger partial charge in [-0.05, 0) is 61.4 Å². The standard InChI is InChI=1S/C45H54N4O8/c1-8-27-19-28-22-44(40(51)55-6,36-30(25-48(23-27)24-28)29-13-10-11-14-33(29)46-36)32-20-31-34(21-35(32)54-5)47(4)38-43(31)16-18-49-17-12-15-42(9-2,37(43)49)39(57-26(3)50)45(38,53)41(52)56-7/h10-15,19-21,28,37-39,46,53H,8-9,16-18,22-25H2,1-7H3/t28-,37-,38+,39+,42-,43?,44?,45-/m0/s1. The molecule has 2 aromatic carbocycles. The number of hydrogen-bond donors (Lipinski definition) is 2. The average Bonchev–Trinajstić information content (AvgIpc) is 3.87. The molecule has 12 heteroatoms. The number of hydrogen-bond acceptors (Lipinski definition) is 11. The number of aromatic nitrogens is 1. The number of aliphatic hydroxyl groups is 1. The molecule has 1 saturated carbocycles. The molecule has 0 amide bonds. The van der Waals surface area contributed by atoms with Gasteiger partial charge < -0.3 is 33.9 Å². The zero-order valence-electron chi connectivity index (χ0n) is 34.0. The Morgan fingerprint density at radius 1 is 1.00 bits per heavy atom. The summed E-state index contributed by atoms with van der Waals surface area (Å²) in [6.45, 7) is 9.19. The van der Waals surface area contributed by atoms with Crippen molar-refractivity contribution in [3.63, 3.8) is 0 Å². The topological polar surface area (TPSA) is 134 Å². The van der Waals surface area contributed by atoms with Crippen molar-refractivity contribution < 1.29 is 38.4 Å². The minimum Gasteiger partial charge on any atom is -0.496 e. The Kier molecular flexibility index (Phi) is 8.77. The predicted octanol–water partition coefficient (Wildman–Crippen LogP) is 4.75. The number of carbonyl (C=O) groups excluding carboxylic acids is 3. The zero-order valence-corrected chi connectivity index (χ0v) is 34.0. The number of ether oxygens (including phenoxy) is 4. The van der Waals surface area contributed by atoms with Gasteiger partial charge in [-0.3, -0.25) is 19.4 Å². The molecular formula is C45H54N4O8. The number of H-pyrrole nitrogens is 1. The fourth-order valence-corrected chi connectivity index (χ4v) is 12.8. The second-order valence-electron chi connectivity index (χ2n) is 17.2. The molecule has 2 N–H and O–H groups in total. The first-order valence-electron chi connectivity index (χ1n) is 20.3. The molecule has 2 bridgehead atoms. The van der Waals surface area contributed by atoms with Crippen molar-refractivity contribution >= 4 is 34.5 Å². The number of para-hydroxylation sites is 1. The number of likely N-dealkylation sites (N-methyl/N-ethyl adjacent to an activating group) is 1. The van der Waals surface area contributed by atoms with Crippen molar-refractivity contribution in [2.24, 2.45) is 11.3 Å². The van der Waals surface area contributed by atoms with Gasteiger partial charge in [0.1, 0.15) is 11.2 Å². The van der Waals surface area contributed by atoms with Crippen LogP contribution in [0.2, 0.25) is 0 Å². The summed E-state index contributed by atoms with van der Waals surface area (Å²) < 4.78 is 23.9. The van der Waals surface area contributed by atoms with Crippen LogP contribution in [0.25, 0.3) is 10.9 Å². The Bertz CT molecular complexity index is 2250. The van der Waals surface area contributed by atoms with Gasteiger partial charge in [-0.2, -0.15) is 0 Å². The van der Waals surface area contributed by atoms with Crippen molar-refractivity contribution in [3.05, 3.63) is 82.6 Å². The third-order valence-electron chi connectivity index (χ3n) is 14.8. The van der Waals surface area contributed by atoms with E-state index in [9.17, 15) is 14.7 Å². The molecule has 1 spiro atoms. The normalized spacial score (nSPS) is 34.9. The fourth-order valence-electron chi connectivity index (χ4n) is 12.8. The smallest absolute Gasteiger partial charge is 0.344 e. The highest BCUT2D eigenvalue weighted by Crippen LogP contribution is 2.68. The first-order valence-corrected chi connectivity index (χ1v) is 20.3. The molecule has 12 nitrogen and oxygen atoms in total. The first kappa shape index (κ1) is 37.9. The summed E-state index contributed by atoms with van der Waals surface area (Å²) in [5.74, 6) is -1.31. The van der Waals surface area contributed by atoms with Crippen LogP contribution in [-0.2, 0) is 46.0 Å². The second kappa shape index (κ2) is 13.2. The van der Waals surface area contributed by atoms with Crippen LogP contribution in [0, 0.1) is 11.3 Å². The third-order valence-corrected chi connectivity index (χ3v) is 14.8. The van der Waals surface area contributed by atoms with Gasteiger partial charge in [-0.15, -0.1) is 0 Å². The van der Waals surface area contributed by atoms with Gasteiger partial charge in [-0.1, -0.05) is 55.8 Å². The Morgan fingerprint density at radius 2 is 1.77 bits per heavy atom. The number of benzene rings is 2. The average molecular weight is 779 g/mol. The molecule has 5 aliphatic heterocycles. The van der Waals surface area contributed by atoms with E-state index < -0.39 is 45.9 Å². The summed E-state index contributed by atoms with van der Waals surface area (Å²) in [4.78, 5) is 53.1. The quantitative estimate of drug-likeness (QED) is 0.196. The molecular weight excluding hydrogens is 725 g/mol. The molecule has 3 aromatic rings. The number of nitrogens with zero attached hydrogens (tertiary/aromatic N) is 3. The number of rotatable bonds is 7. The number of nitrogens with one attached hydrogen (secondary N) is 1. The van der Waals surface area contributed by atoms with Crippen LogP contribution in [0.5, 0.6) is 5.75 Å². The molecule has 57 heavy (non-hydrogen) atoms. The zero-order chi connectivity index (χ0) is 40.2. The highest BCUT2D eigenvalue weighted by molar-refractivity contribution is 5.95. The number of methoxy groups -OCH3 is 3. The van der Waals surface area contributed by atoms with Crippen molar-refractivity contribution in [1.29, 1.82) is 0 Å². The van der Waals surface area contributed by atoms with Gasteiger partial charge in [0.25, 0.3) is 0 Å². The van der Waals surface area contributed by atoms with Crippen molar-refractivity contribution in [1.82, 2.24) is 14.8 Å². The van der Waals surface area contributed by atoms with Crippen molar-refractivity contribution in [3.8, 4) is 5.75 Å². The largest absolute Gasteiger partial charge is 0.496 e. The molecule has 9 rings (SSSR count). The van der Waals surface area contributed by atoms with Crippen molar-refractivity contribution in [2.75, 3.05) is 59.5 Å². The van der Waals surface area contributed by atoms with E-state index in [4.69, 9.17) is 18.9 Å². The molecule has 1 aliphatic carbocycles. The van der Waals surface area contributed by atoms with E-state index in [1.165, 1.54) is 26.7 Å². The number of carbonyl (C=O) groups is 3. The molecule has 2 fully saturated rings. The number of anilines is 1. The van der Waals surface area contributed by atoms with E-state index in [1.807, 2.05) is 37.1 Å². The van der Waals surface area contributed by atoms with E-state index in [0.29, 0.717) is 50.2 Å². The van der Waals surface area contributed by atoms with E-state index in [2.05, 4.69) is 58.1 Å². The van der Waals surface area contributed by atoms with E-state index in [1.54, 1.807) is 7.11 Å². The number of fused-ring (bicyclic) bond motifs is 6. The SMILES string of the molecule is CCC1=C[C@@H]2CN(C1)Cc1c([nH]c3ccccc13)C(C(=O)OC)(c1cc3c(cc1OC)N(C)[C@@H]1C34CCN3CC=C[C@@](CC)([C@H]34)[C@@H](OC(C)=O)[C@]1(O)C(=O)OC)C2.